The summed E-state index contributed by atoms with van der Waals surface area (Å²) in [5, 5.41) is 12.2. The van der Waals surface area contributed by atoms with E-state index < -0.39 is 0 Å². The third kappa shape index (κ3) is 6.07. The predicted octanol–water partition coefficient (Wildman–Crippen LogP) is 4.47. The third-order valence-corrected chi connectivity index (χ3v) is 6.66. The van der Waals surface area contributed by atoms with E-state index in [0.29, 0.717) is 36.2 Å². The van der Waals surface area contributed by atoms with Gasteiger partial charge in [-0.1, -0.05) is 57.2 Å². The fourth-order valence-corrected chi connectivity index (χ4v) is 4.51. The number of amides is 1. The molecule has 0 bridgehead atoms. The van der Waals surface area contributed by atoms with Gasteiger partial charge in [-0.2, -0.15) is 0 Å². The van der Waals surface area contributed by atoms with Crippen LogP contribution in [-0.4, -0.2) is 33.5 Å². The van der Waals surface area contributed by atoms with E-state index >= 15 is 0 Å². The fourth-order valence-electron chi connectivity index (χ4n) is 4.51. The lowest BCUT2D eigenvalue weighted by Crippen LogP contribution is -2.35. The first-order chi connectivity index (χ1) is 18.0. The fraction of sp³-hybridized carbons (Fsp3) is 0.379. The number of pyridine rings is 2. The lowest BCUT2D eigenvalue weighted by Gasteiger charge is -2.15. The van der Waals surface area contributed by atoms with Crippen molar-refractivity contribution in [3.63, 3.8) is 0 Å². The van der Waals surface area contributed by atoms with E-state index in [1.54, 1.807) is 30.0 Å². The molecule has 8 nitrogen and oxygen atoms in total. The number of fused-ring (bicyclic) bond motifs is 2. The van der Waals surface area contributed by atoms with Crippen LogP contribution in [0.15, 0.2) is 59.5 Å². The zero-order chi connectivity index (χ0) is 26.2. The van der Waals surface area contributed by atoms with Gasteiger partial charge in [0.05, 0.1) is 18.1 Å². The number of methoxy groups -OCH3 is 1. The van der Waals surface area contributed by atoms with E-state index in [0.717, 1.165) is 30.6 Å². The van der Waals surface area contributed by atoms with E-state index in [9.17, 15) is 9.59 Å². The van der Waals surface area contributed by atoms with Gasteiger partial charge in [-0.3, -0.25) is 19.4 Å². The molecule has 8 heteroatoms. The number of ether oxygens (including phenoxy) is 1. The van der Waals surface area contributed by atoms with Gasteiger partial charge < -0.3 is 14.6 Å². The van der Waals surface area contributed by atoms with Crippen LogP contribution in [0.1, 0.15) is 61.4 Å². The first-order valence-electron chi connectivity index (χ1n) is 13.0. The smallest absolute Gasteiger partial charge is 0.267 e. The molecule has 2 N–H and O–H groups in total. The van der Waals surface area contributed by atoms with Crippen molar-refractivity contribution in [3.05, 3.63) is 81.7 Å². The number of hydrogen-bond acceptors (Lipinski definition) is 5. The van der Waals surface area contributed by atoms with Crippen molar-refractivity contribution >= 4 is 22.6 Å². The molecule has 1 aromatic carbocycles. The molecule has 1 amide bonds. The minimum absolute atomic E-state index is 0.0497. The van der Waals surface area contributed by atoms with E-state index in [1.165, 1.54) is 29.7 Å². The summed E-state index contributed by atoms with van der Waals surface area (Å²) in [5.41, 5.74) is 1.93. The Hall–Kier alpha value is -3.94. The zero-order valence-electron chi connectivity index (χ0n) is 21.6. The molecule has 4 rings (SSSR count). The van der Waals surface area contributed by atoms with E-state index in [1.807, 2.05) is 30.3 Å². The largest absolute Gasteiger partial charge is 0.497 e. The Labute approximate surface area is 216 Å². The van der Waals surface area contributed by atoms with Crippen molar-refractivity contribution in [1.29, 1.82) is 5.41 Å². The van der Waals surface area contributed by atoms with Crippen LogP contribution in [0.4, 0.5) is 0 Å². The molecule has 0 fully saturated rings. The molecule has 0 radical (unpaired) electrons. The SMILES string of the molecule is CCCCCCCCNC(=O)c1cc2c(=O)n3ccccc3nc2n(CCc2ccc(OC)cc2)c1=N. The summed E-state index contributed by atoms with van der Waals surface area (Å²) in [5.74, 6) is 0.435. The summed E-state index contributed by atoms with van der Waals surface area (Å²) in [6.45, 7) is 3.13. The van der Waals surface area contributed by atoms with Crippen LogP contribution in [0.2, 0.25) is 0 Å². The van der Waals surface area contributed by atoms with Crippen LogP contribution in [0.3, 0.4) is 0 Å². The maximum Gasteiger partial charge on any atom is 0.267 e. The Morgan fingerprint density at radius 1 is 1.05 bits per heavy atom. The molecule has 0 aliphatic rings. The van der Waals surface area contributed by atoms with Crippen molar-refractivity contribution in [2.24, 2.45) is 0 Å². The number of rotatable bonds is 12. The van der Waals surface area contributed by atoms with Crippen molar-refractivity contribution in [2.75, 3.05) is 13.7 Å². The van der Waals surface area contributed by atoms with E-state index in [4.69, 9.17) is 15.1 Å². The van der Waals surface area contributed by atoms with Crippen molar-refractivity contribution < 1.29 is 9.53 Å². The quantitative estimate of drug-likeness (QED) is 0.221. The van der Waals surface area contributed by atoms with Crippen molar-refractivity contribution in [3.8, 4) is 5.75 Å². The predicted molar refractivity (Wildman–Crippen MR) is 145 cm³/mol. The van der Waals surface area contributed by atoms with Gasteiger partial charge in [0.25, 0.3) is 11.5 Å². The summed E-state index contributed by atoms with van der Waals surface area (Å²) in [6.07, 6.45) is 9.03. The van der Waals surface area contributed by atoms with E-state index in [2.05, 4.69) is 12.2 Å². The number of hydrogen-bond donors (Lipinski definition) is 2. The van der Waals surface area contributed by atoms with Gasteiger partial charge in [-0.25, -0.2) is 4.98 Å². The Kier molecular flexibility index (Phi) is 8.72. The number of nitrogens with zero attached hydrogens (tertiary/aromatic N) is 3. The van der Waals surface area contributed by atoms with Gasteiger partial charge >= 0.3 is 0 Å². The van der Waals surface area contributed by atoms with Gasteiger partial charge in [-0.05, 0) is 48.7 Å². The lowest BCUT2D eigenvalue weighted by atomic mass is 10.1. The minimum Gasteiger partial charge on any atom is -0.497 e. The van der Waals surface area contributed by atoms with Crippen LogP contribution in [0.5, 0.6) is 5.75 Å². The van der Waals surface area contributed by atoms with Gasteiger partial charge in [0.2, 0.25) is 0 Å². The summed E-state index contributed by atoms with van der Waals surface area (Å²) >= 11 is 0. The minimum atomic E-state index is -0.337. The molecule has 37 heavy (non-hydrogen) atoms. The summed E-state index contributed by atoms with van der Waals surface area (Å²) in [6, 6.07) is 14.6. The molecule has 3 aromatic heterocycles. The first kappa shape index (κ1) is 26.1. The number of carbonyl (C=O) groups excluding carboxylic acids is 1. The average Bonchev–Trinajstić information content (AvgIpc) is 2.92. The van der Waals surface area contributed by atoms with Crippen LogP contribution < -0.4 is 21.1 Å². The second-order valence-corrected chi connectivity index (χ2v) is 9.26. The van der Waals surface area contributed by atoms with Crippen LogP contribution >= 0.6 is 0 Å². The number of benzene rings is 1. The molecule has 0 saturated carbocycles. The molecule has 0 aliphatic heterocycles. The molecule has 4 aromatic rings. The van der Waals surface area contributed by atoms with Crippen molar-refractivity contribution in [2.45, 2.75) is 58.4 Å². The molecule has 0 aliphatic carbocycles. The first-order valence-corrected chi connectivity index (χ1v) is 13.0. The van der Waals surface area contributed by atoms with Gasteiger partial charge in [0.15, 0.2) is 0 Å². The highest BCUT2D eigenvalue weighted by Crippen LogP contribution is 2.14. The Morgan fingerprint density at radius 3 is 2.57 bits per heavy atom. The standard InChI is InChI=1S/C29H35N5O3/c1-3-4-5-6-7-9-17-31-28(35)23-20-24-27(32-25-11-8-10-18-33(25)29(24)36)34(26(23)30)19-16-21-12-14-22(37-2)15-13-21/h8,10-15,18,20,30H,3-7,9,16-17,19H2,1-2H3,(H,31,35). The topological polar surface area (TPSA) is 101 Å². The normalized spacial score (nSPS) is 11.2. The number of unbranched alkanes of at least 4 members (excludes halogenated alkanes) is 5. The highest BCUT2D eigenvalue weighted by atomic mass is 16.5. The van der Waals surface area contributed by atoms with Crippen LogP contribution in [0.25, 0.3) is 16.7 Å². The summed E-state index contributed by atoms with van der Waals surface area (Å²) in [4.78, 5) is 31.2. The molecule has 0 saturated heterocycles. The van der Waals surface area contributed by atoms with Gasteiger partial charge in [-0.15, -0.1) is 0 Å². The number of aryl methyl sites for hydroxylation is 2. The Balaban J connectivity index is 1.66. The second-order valence-electron chi connectivity index (χ2n) is 9.26. The molecular weight excluding hydrogens is 466 g/mol. The average molecular weight is 502 g/mol. The number of nitrogens with one attached hydrogen (secondary N) is 2. The van der Waals surface area contributed by atoms with E-state index in [-0.39, 0.29) is 22.5 Å². The molecular formula is C29H35N5O3. The summed E-state index contributed by atoms with van der Waals surface area (Å²) in [7, 11) is 1.63. The molecule has 194 valence electrons. The molecule has 0 unspecified atom stereocenters. The van der Waals surface area contributed by atoms with Gasteiger partial charge in [0, 0.05) is 19.3 Å². The summed E-state index contributed by atoms with van der Waals surface area (Å²) < 4.78 is 8.39. The molecule has 0 atom stereocenters. The number of carbonyl (C=O) groups is 1. The highest BCUT2D eigenvalue weighted by Gasteiger charge is 2.17. The molecule has 0 spiro atoms. The second kappa shape index (κ2) is 12.3. The van der Waals surface area contributed by atoms with Gasteiger partial charge in [0.1, 0.15) is 22.5 Å². The lowest BCUT2D eigenvalue weighted by molar-refractivity contribution is 0.0950. The maximum atomic E-state index is 13.4. The number of aromatic nitrogens is 3. The maximum absolute atomic E-state index is 13.4. The zero-order valence-corrected chi connectivity index (χ0v) is 21.6. The Bertz CT molecular complexity index is 1490. The highest BCUT2D eigenvalue weighted by molar-refractivity contribution is 5.96. The third-order valence-electron chi connectivity index (χ3n) is 6.66. The molecule has 3 heterocycles. The van der Waals surface area contributed by atoms with Crippen LogP contribution in [0, 0.1) is 5.41 Å². The monoisotopic (exact) mass is 501 g/mol. The van der Waals surface area contributed by atoms with Crippen molar-refractivity contribution in [1.82, 2.24) is 19.3 Å². The van der Waals surface area contributed by atoms with Crippen LogP contribution in [-0.2, 0) is 13.0 Å². The Morgan fingerprint density at radius 2 is 1.81 bits per heavy atom.